The van der Waals surface area contributed by atoms with Crippen molar-refractivity contribution in [2.75, 3.05) is 13.2 Å². The molecule has 2 rings (SSSR count). The first-order chi connectivity index (χ1) is 8.88. The molecule has 0 unspecified atom stereocenters. The molecule has 0 saturated heterocycles. The molecule has 0 spiro atoms. The minimum absolute atomic E-state index is 0.734. The van der Waals surface area contributed by atoms with E-state index in [1.807, 2.05) is 18.2 Å². The smallest absolute Gasteiger partial charge is 0.213 e. The highest BCUT2D eigenvalue weighted by Crippen LogP contribution is 2.24. The minimum atomic E-state index is 0.734. The van der Waals surface area contributed by atoms with Crippen LogP contribution in [0.3, 0.4) is 0 Å². The first-order valence-electron chi connectivity index (χ1n) is 7.18. The Morgan fingerprint density at radius 3 is 2.89 bits per heavy atom. The SMILES string of the molecule is CCNCc1cccc(OCC2CCCCC2)n1. The monoisotopic (exact) mass is 248 g/mol. The summed E-state index contributed by atoms with van der Waals surface area (Å²) in [4.78, 5) is 4.51. The van der Waals surface area contributed by atoms with Crippen molar-refractivity contribution in [2.24, 2.45) is 5.92 Å². The molecular weight excluding hydrogens is 224 g/mol. The van der Waals surface area contributed by atoms with Crippen LogP contribution in [-0.2, 0) is 6.54 Å². The molecule has 0 aromatic carbocycles. The van der Waals surface area contributed by atoms with Gasteiger partial charge in [-0.15, -0.1) is 0 Å². The molecule has 0 aliphatic heterocycles. The van der Waals surface area contributed by atoms with Gasteiger partial charge in [0.15, 0.2) is 0 Å². The molecule has 0 radical (unpaired) electrons. The lowest BCUT2D eigenvalue weighted by Crippen LogP contribution is -2.16. The molecule has 0 bridgehead atoms. The second kappa shape index (κ2) is 7.37. The molecule has 0 atom stereocenters. The van der Waals surface area contributed by atoms with Crippen molar-refractivity contribution in [3.63, 3.8) is 0 Å². The van der Waals surface area contributed by atoms with Gasteiger partial charge in [-0.25, -0.2) is 4.98 Å². The Hall–Kier alpha value is -1.09. The summed E-state index contributed by atoms with van der Waals surface area (Å²) in [5.74, 6) is 1.51. The largest absolute Gasteiger partial charge is 0.477 e. The molecule has 1 saturated carbocycles. The fraction of sp³-hybridized carbons (Fsp3) is 0.667. The third-order valence-electron chi connectivity index (χ3n) is 3.53. The Labute approximate surface area is 110 Å². The van der Waals surface area contributed by atoms with Gasteiger partial charge < -0.3 is 10.1 Å². The molecule has 1 heterocycles. The van der Waals surface area contributed by atoms with E-state index in [9.17, 15) is 0 Å². The summed E-state index contributed by atoms with van der Waals surface area (Å²) < 4.78 is 5.83. The van der Waals surface area contributed by atoms with E-state index in [1.165, 1.54) is 32.1 Å². The second-order valence-corrected chi connectivity index (χ2v) is 5.06. The van der Waals surface area contributed by atoms with Crippen LogP contribution in [0.15, 0.2) is 18.2 Å². The summed E-state index contributed by atoms with van der Waals surface area (Å²) in [6, 6.07) is 6.02. The zero-order valence-corrected chi connectivity index (χ0v) is 11.3. The molecule has 1 aliphatic carbocycles. The van der Waals surface area contributed by atoms with Crippen LogP contribution in [0.5, 0.6) is 5.88 Å². The van der Waals surface area contributed by atoms with Crippen LogP contribution in [0.4, 0.5) is 0 Å². The van der Waals surface area contributed by atoms with E-state index in [2.05, 4.69) is 17.2 Å². The number of aromatic nitrogens is 1. The summed E-state index contributed by atoms with van der Waals surface area (Å²) in [5, 5.41) is 3.28. The average Bonchev–Trinajstić information content (AvgIpc) is 2.44. The maximum atomic E-state index is 5.83. The van der Waals surface area contributed by atoms with Crippen molar-refractivity contribution >= 4 is 0 Å². The molecule has 100 valence electrons. The van der Waals surface area contributed by atoms with Gasteiger partial charge in [0.25, 0.3) is 0 Å². The average molecular weight is 248 g/mol. The van der Waals surface area contributed by atoms with E-state index in [0.29, 0.717) is 0 Å². The van der Waals surface area contributed by atoms with Crippen molar-refractivity contribution < 1.29 is 4.74 Å². The van der Waals surface area contributed by atoms with E-state index in [4.69, 9.17) is 4.74 Å². The number of nitrogens with one attached hydrogen (secondary N) is 1. The first-order valence-corrected chi connectivity index (χ1v) is 7.18. The molecule has 1 aliphatic rings. The van der Waals surface area contributed by atoms with Crippen molar-refractivity contribution in [3.05, 3.63) is 23.9 Å². The van der Waals surface area contributed by atoms with Crippen molar-refractivity contribution in [1.29, 1.82) is 0 Å². The van der Waals surface area contributed by atoms with Crippen molar-refractivity contribution in [2.45, 2.75) is 45.6 Å². The van der Waals surface area contributed by atoms with Gasteiger partial charge in [0.05, 0.1) is 12.3 Å². The number of nitrogens with zero attached hydrogens (tertiary/aromatic N) is 1. The summed E-state index contributed by atoms with van der Waals surface area (Å²) in [6.07, 6.45) is 6.75. The zero-order valence-electron chi connectivity index (χ0n) is 11.3. The molecule has 18 heavy (non-hydrogen) atoms. The minimum Gasteiger partial charge on any atom is -0.477 e. The Bertz CT molecular complexity index is 348. The highest BCUT2D eigenvalue weighted by molar-refractivity contribution is 5.15. The van der Waals surface area contributed by atoms with Gasteiger partial charge in [-0.2, -0.15) is 0 Å². The van der Waals surface area contributed by atoms with Crippen LogP contribution in [0.2, 0.25) is 0 Å². The number of ether oxygens (including phenoxy) is 1. The van der Waals surface area contributed by atoms with Crippen LogP contribution in [0, 0.1) is 5.92 Å². The van der Waals surface area contributed by atoms with Crippen molar-refractivity contribution in [3.8, 4) is 5.88 Å². The normalized spacial score (nSPS) is 16.7. The molecule has 0 amide bonds. The van der Waals surface area contributed by atoms with Crippen LogP contribution in [0.25, 0.3) is 0 Å². The number of hydrogen-bond acceptors (Lipinski definition) is 3. The fourth-order valence-electron chi connectivity index (χ4n) is 2.45. The Balaban J connectivity index is 1.80. The van der Waals surface area contributed by atoms with Crippen LogP contribution in [-0.4, -0.2) is 18.1 Å². The third kappa shape index (κ3) is 4.30. The molecule has 3 nitrogen and oxygen atoms in total. The van der Waals surface area contributed by atoms with Gasteiger partial charge in [-0.3, -0.25) is 0 Å². The summed E-state index contributed by atoms with van der Waals surface area (Å²) in [7, 11) is 0. The predicted molar refractivity (Wildman–Crippen MR) is 73.7 cm³/mol. The molecule has 3 heteroatoms. The number of hydrogen-bond donors (Lipinski definition) is 1. The van der Waals surface area contributed by atoms with Gasteiger partial charge in [-0.05, 0) is 31.4 Å². The van der Waals surface area contributed by atoms with Gasteiger partial charge in [0, 0.05) is 12.6 Å². The van der Waals surface area contributed by atoms with E-state index in [1.54, 1.807) is 0 Å². The maximum Gasteiger partial charge on any atom is 0.213 e. The summed E-state index contributed by atoms with van der Waals surface area (Å²) in [5.41, 5.74) is 1.05. The molecule has 1 aromatic heterocycles. The highest BCUT2D eigenvalue weighted by Gasteiger charge is 2.14. The summed E-state index contributed by atoms with van der Waals surface area (Å²) in [6.45, 7) is 4.72. The van der Waals surface area contributed by atoms with Crippen LogP contribution >= 0.6 is 0 Å². The zero-order chi connectivity index (χ0) is 12.6. The van der Waals surface area contributed by atoms with Crippen LogP contribution in [0.1, 0.15) is 44.7 Å². The van der Waals surface area contributed by atoms with Gasteiger partial charge in [-0.1, -0.05) is 32.3 Å². The van der Waals surface area contributed by atoms with E-state index >= 15 is 0 Å². The molecule has 1 aromatic rings. The molecule has 1 fully saturated rings. The summed E-state index contributed by atoms with van der Waals surface area (Å²) >= 11 is 0. The Morgan fingerprint density at radius 2 is 2.11 bits per heavy atom. The topological polar surface area (TPSA) is 34.1 Å². The lowest BCUT2D eigenvalue weighted by atomic mass is 9.90. The van der Waals surface area contributed by atoms with E-state index in [-0.39, 0.29) is 0 Å². The van der Waals surface area contributed by atoms with E-state index < -0.39 is 0 Å². The van der Waals surface area contributed by atoms with Crippen molar-refractivity contribution in [1.82, 2.24) is 10.3 Å². The Morgan fingerprint density at radius 1 is 1.28 bits per heavy atom. The predicted octanol–water partition coefficient (Wildman–Crippen LogP) is 3.15. The van der Waals surface area contributed by atoms with E-state index in [0.717, 1.165) is 37.2 Å². The fourth-order valence-corrected chi connectivity index (χ4v) is 2.45. The lowest BCUT2D eigenvalue weighted by Gasteiger charge is -2.21. The molecule has 1 N–H and O–H groups in total. The Kier molecular flexibility index (Phi) is 5.46. The number of pyridine rings is 1. The quantitative estimate of drug-likeness (QED) is 0.839. The van der Waals surface area contributed by atoms with Gasteiger partial charge in [0.1, 0.15) is 0 Å². The maximum absolute atomic E-state index is 5.83. The van der Waals surface area contributed by atoms with Gasteiger partial charge in [0.2, 0.25) is 5.88 Å². The highest BCUT2D eigenvalue weighted by atomic mass is 16.5. The van der Waals surface area contributed by atoms with Gasteiger partial charge >= 0.3 is 0 Å². The number of rotatable bonds is 6. The molecular formula is C15H24N2O. The van der Waals surface area contributed by atoms with Crippen LogP contribution < -0.4 is 10.1 Å². The standard InChI is InChI=1S/C15H24N2O/c1-2-16-11-14-9-6-10-15(17-14)18-12-13-7-4-3-5-8-13/h6,9-10,13,16H,2-5,7-8,11-12H2,1H3. The first kappa shape index (κ1) is 13.3. The lowest BCUT2D eigenvalue weighted by molar-refractivity contribution is 0.202. The third-order valence-corrected chi connectivity index (χ3v) is 3.53. The second-order valence-electron chi connectivity index (χ2n) is 5.06.